The van der Waals surface area contributed by atoms with E-state index in [2.05, 4.69) is 4.98 Å². The maximum Gasteiger partial charge on any atom is 0.117 e. The summed E-state index contributed by atoms with van der Waals surface area (Å²) in [5, 5.41) is 19.9. The second-order valence-corrected chi connectivity index (χ2v) is 5.87. The lowest BCUT2D eigenvalue weighted by Crippen LogP contribution is -1.97. The van der Waals surface area contributed by atoms with Gasteiger partial charge in [-0.05, 0) is 43.3 Å². The fourth-order valence-electron chi connectivity index (χ4n) is 2.49. The molecule has 0 saturated carbocycles. The van der Waals surface area contributed by atoms with E-state index in [9.17, 15) is 10.2 Å². The van der Waals surface area contributed by atoms with Gasteiger partial charge >= 0.3 is 0 Å². The van der Waals surface area contributed by atoms with Crippen molar-refractivity contribution in [1.29, 1.82) is 0 Å². The molecule has 0 unspecified atom stereocenters. The van der Waals surface area contributed by atoms with Gasteiger partial charge in [0.2, 0.25) is 0 Å². The Hall–Kier alpha value is -2.17. The molecular weight excluding hydrogens is 335 g/mol. The van der Waals surface area contributed by atoms with Gasteiger partial charge < -0.3 is 14.8 Å². The van der Waals surface area contributed by atoms with Crippen molar-refractivity contribution < 1.29 is 10.2 Å². The summed E-state index contributed by atoms with van der Waals surface area (Å²) in [4.78, 5) is 4.46. The zero-order valence-corrected chi connectivity index (χ0v) is 13.8. The Balaban J connectivity index is 2.26. The monoisotopic (exact) mass is 348 g/mol. The van der Waals surface area contributed by atoms with Crippen LogP contribution in [0.4, 0.5) is 0 Å². The molecule has 0 spiro atoms. The van der Waals surface area contributed by atoms with Crippen molar-refractivity contribution in [3.63, 3.8) is 0 Å². The van der Waals surface area contributed by atoms with Gasteiger partial charge in [-0.15, -0.1) is 0 Å². The number of aryl methyl sites for hydroxylation is 1. The van der Waals surface area contributed by atoms with Gasteiger partial charge in [0.1, 0.15) is 11.5 Å². The Kier molecular flexibility index (Phi) is 4.20. The molecule has 23 heavy (non-hydrogen) atoms. The van der Waals surface area contributed by atoms with Gasteiger partial charge in [-0.3, -0.25) is 0 Å². The van der Waals surface area contributed by atoms with Gasteiger partial charge in [-0.25, -0.2) is 4.98 Å². The molecule has 0 aliphatic rings. The molecule has 0 aliphatic carbocycles. The Bertz CT molecular complexity index is 875. The summed E-state index contributed by atoms with van der Waals surface area (Å²) in [6.07, 6.45) is 1.72. The van der Waals surface area contributed by atoms with Gasteiger partial charge in [0.05, 0.1) is 27.8 Å². The highest BCUT2D eigenvalue weighted by Crippen LogP contribution is 2.39. The van der Waals surface area contributed by atoms with E-state index in [0.717, 1.165) is 11.3 Å². The van der Waals surface area contributed by atoms with Crippen molar-refractivity contribution in [2.45, 2.75) is 13.5 Å². The summed E-state index contributed by atoms with van der Waals surface area (Å²) in [6.45, 7) is 2.71. The topological polar surface area (TPSA) is 58.3 Å². The van der Waals surface area contributed by atoms with Crippen LogP contribution in [0, 0.1) is 0 Å². The van der Waals surface area contributed by atoms with Crippen LogP contribution in [0.25, 0.3) is 22.5 Å². The number of phenols is 2. The lowest BCUT2D eigenvalue weighted by molar-refractivity contribution is 0.475. The molecule has 4 nitrogen and oxygen atoms in total. The van der Waals surface area contributed by atoms with Crippen molar-refractivity contribution in [3.8, 4) is 34.0 Å². The summed E-state index contributed by atoms with van der Waals surface area (Å²) in [7, 11) is 0. The third kappa shape index (κ3) is 2.87. The molecule has 3 rings (SSSR count). The van der Waals surface area contributed by atoms with Crippen molar-refractivity contribution in [2.24, 2.45) is 0 Å². The molecular formula is C17H14Cl2N2O2. The summed E-state index contributed by atoms with van der Waals surface area (Å²) < 4.78 is 1.96. The molecule has 0 radical (unpaired) electrons. The molecule has 0 aliphatic heterocycles. The smallest absolute Gasteiger partial charge is 0.117 e. The average molecular weight is 349 g/mol. The highest BCUT2D eigenvalue weighted by atomic mass is 35.5. The molecule has 2 aromatic carbocycles. The maximum atomic E-state index is 9.57. The van der Waals surface area contributed by atoms with Gasteiger partial charge in [-0.1, -0.05) is 23.2 Å². The van der Waals surface area contributed by atoms with Crippen LogP contribution < -0.4 is 0 Å². The largest absolute Gasteiger partial charge is 0.508 e. The van der Waals surface area contributed by atoms with Crippen LogP contribution in [-0.2, 0) is 6.54 Å². The van der Waals surface area contributed by atoms with E-state index in [1.807, 2.05) is 11.5 Å². The van der Waals surface area contributed by atoms with Crippen molar-refractivity contribution in [3.05, 3.63) is 52.8 Å². The van der Waals surface area contributed by atoms with Crippen molar-refractivity contribution in [1.82, 2.24) is 9.55 Å². The number of benzene rings is 2. The van der Waals surface area contributed by atoms with Crippen LogP contribution in [0.2, 0.25) is 10.0 Å². The minimum Gasteiger partial charge on any atom is -0.508 e. The fourth-order valence-corrected chi connectivity index (χ4v) is 3.02. The first-order chi connectivity index (χ1) is 11.0. The molecule has 0 bridgehead atoms. The standard InChI is InChI=1S/C17H14Cl2N2O2/c1-2-21-9-20-16(12-5-3-10(22)7-14(12)18)17(21)13-6-4-11(23)8-15(13)19/h3-9,22-23H,2H2,1H3. The zero-order chi connectivity index (χ0) is 16.6. The zero-order valence-electron chi connectivity index (χ0n) is 12.3. The Labute approximate surface area is 143 Å². The number of aromatic hydroxyl groups is 2. The number of halogens is 2. The molecule has 0 atom stereocenters. The molecule has 3 aromatic rings. The Morgan fingerprint density at radius 2 is 1.52 bits per heavy atom. The third-order valence-electron chi connectivity index (χ3n) is 3.59. The predicted octanol–water partition coefficient (Wildman–Crippen LogP) is 4.96. The summed E-state index contributed by atoms with van der Waals surface area (Å²) in [6, 6.07) is 9.58. The van der Waals surface area contributed by atoms with E-state index in [0.29, 0.717) is 27.8 Å². The number of aromatic nitrogens is 2. The van der Waals surface area contributed by atoms with E-state index in [1.165, 1.54) is 12.1 Å². The van der Waals surface area contributed by atoms with E-state index in [4.69, 9.17) is 23.2 Å². The van der Waals surface area contributed by atoms with Gasteiger partial charge in [-0.2, -0.15) is 0 Å². The average Bonchev–Trinajstić information content (AvgIpc) is 2.91. The second kappa shape index (κ2) is 6.14. The highest BCUT2D eigenvalue weighted by molar-refractivity contribution is 6.34. The lowest BCUT2D eigenvalue weighted by atomic mass is 10.0. The molecule has 0 fully saturated rings. The molecule has 1 heterocycles. The first kappa shape index (κ1) is 15.7. The number of rotatable bonds is 3. The molecule has 0 saturated heterocycles. The molecule has 6 heteroatoms. The summed E-state index contributed by atoms with van der Waals surface area (Å²) in [5.41, 5.74) is 2.94. The number of hydrogen-bond donors (Lipinski definition) is 2. The fraction of sp³-hybridized carbons (Fsp3) is 0.118. The van der Waals surface area contributed by atoms with E-state index >= 15 is 0 Å². The first-order valence-electron chi connectivity index (χ1n) is 7.04. The van der Waals surface area contributed by atoms with Crippen molar-refractivity contribution in [2.75, 3.05) is 0 Å². The second-order valence-electron chi connectivity index (χ2n) is 5.06. The number of hydrogen-bond acceptors (Lipinski definition) is 3. The van der Waals surface area contributed by atoms with Crippen LogP contribution in [0.1, 0.15) is 6.92 Å². The maximum absolute atomic E-state index is 9.57. The van der Waals surface area contributed by atoms with Crippen LogP contribution in [-0.4, -0.2) is 19.8 Å². The Morgan fingerprint density at radius 3 is 2.04 bits per heavy atom. The van der Waals surface area contributed by atoms with Gasteiger partial charge in [0.15, 0.2) is 0 Å². The minimum absolute atomic E-state index is 0.0953. The number of nitrogens with zero attached hydrogens (tertiary/aromatic N) is 2. The first-order valence-corrected chi connectivity index (χ1v) is 7.79. The van der Waals surface area contributed by atoms with Gasteiger partial charge in [0, 0.05) is 17.7 Å². The molecule has 118 valence electrons. The normalized spacial score (nSPS) is 10.9. The number of phenolic OH excluding ortho intramolecular Hbond substituents is 2. The van der Waals surface area contributed by atoms with E-state index < -0.39 is 0 Å². The van der Waals surface area contributed by atoms with E-state index in [1.54, 1.807) is 30.6 Å². The summed E-state index contributed by atoms with van der Waals surface area (Å²) in [5.74, 6) is 0.198. The molecule has 1 aromatic heterocycles. The van der Waals surface area contributed by atoms with Gasteiger partial charge in [0.25, 0.3) is 0 Å². The quantitative estimate of drug-likeness (QED) is 0.703. The van der Waals surface area contributed by atoms with Crippen molar-refractivity contribution >= 4 is 23.2 Å². The van der Waals surface area contributed by atoms with Crippen LogP contribution in [0.5, 0.6) is 11.5 Å². The predicted molar refractivity (Wildman–Crippen MR) is 92.1 cm³/mol. The number of imidazole rings is 1. The Morgan fingerprint density at radius 1 is 0.957 bits per heavy atom. The summed E-state index contributed by atoms with van der Waals surface area (Å²) >= 11 is 12.6. The van der Waals surface area contributed by atoms with Crippen LogP contribution >= 0.6 is 23.2 Å². The lowest BCUT2D eigenvalue weighted by Gasteiger charge is -2.11. The van der Waals surface area contributed by atoms with Crippen LogP contribution in [0.3, 0.4) is 0 Å². The highest BCUT2D eigenvalue weighted by Gasteiger charge is 2.19. The minimum atomic E-state index is 0.0953. The molecule has 2 N–H and O–H groups in total. The van der Waals surface area contributed by atoms with E-state index in [-0.39, 0.29) is 11.5 Å². The SMILES string of the molecule is CCn1cnc(-c2ccc(O)cc2Cl)c1-c1ccc(O)cc1Cl. The molecule has 0 amide bonds. The van der Waals surface area contributed by atoms with Crippen LogP contribution in [0.15, 0.2) is 42.7 Å². The third-order valence-corrected chi connectivity index (χ3v) is 4.22.